The first-order valence-electron chi connectivity index (χ1n) is 7.06. The average molecular weight is 283 g/mol. The van der Waals surface area contributed by atoms with Gasteiger partial charge in [-0.2, -0.15) is 0 Å². The molecule has 0 radical (unpaired) electrons. The molecular weight excluding hydrogens is 266 g/mol. The number of pyridine rings is 1. The maximum Gasteiger partial charge on any atom is 0.271 e. The molecule has 0 spiro atoms. The van der Waals surface area contributed by atoms with Crippen LogP contribution in [0.15, 0.2) is 43.0 Å². The molecule has 0 aliphatic carbocycles. The van der Waals surface area contributed by atoms with Crippen LogP contribution in [0.3, 0.4) is 0 Å². The van der Waals surface area contributed by atoms with Crippen molar-refractivity contribution in [3.63, 3.8) is 0 Å². The van der Waals surface area contributed by atoms with Crippen LogP contribution in [-0.2, 0) is 0 Å². The zero-order valence-corrected chi connectivity index (χ0v) is 11.6. The van der Waals surface area contributed by atoms with Gasteiger partial charge >= 0.3 is 0 Å². The van der Waals surface area contributed by atoms with E-state index in [4.69, 9.17) is 0 Å². The van der Waals surface area contributed by atoms with Crippen molar-refractivity contribution in [3.05, 3.63) is 48.7 Å². The Morgan fingerprint density at radius 1 is 1.24 bits per heavy atom. The van der Waals surface area contributed by atoms with E-state index in [1.807, 2.05) is 18.2 Å². The zero-order valence-electron chi connectivity index (χ0n) is 11.6. The van der Waals surface area contributed by atoms with Gasteiger partial charge in [0.1, 0.15) is 11.5 Å². The highest BCUT2D eigenvalue weighted by atomic mass is 16.1. The van der Waals surface area contributed by atoms with Crippen molar-refractivity contribution >= 4 is 11.7 Å². The van der Waals surface area contributed by atoms with Crippen molar-refractivity contribution in [1.82, 2.24) is 20.3 Å². The lowest BCUT2D eigenvalue weighted by atomic mass is 10.1. The minimum Gasteiger partial charge on any atom is -0.355 e. The highest BCUT2D eigenvalue weighted by Gasteiger charge is 2.22. The molecule has 6 nitrogen and oxygen atoms in total. The highest BCUT2D eigenvalue weighted by molar-refractivity contribution is 5.92. The molecular formula is C15H17N5O. The third-order valence-corrected chi connectivity index (χ3v) is 3.53. The number of rotatable bonds is 3. The van der Waals surface area contributed by atoms with Crippen molar-refractivity contribution < 1.29 is 4.79 Å². The number of piperidine rings is 1. The molecule has 1 aliphatic rings. The van der Waals surface area contributed by atoms with Crippen molar-refractivity contribution in [1.29, 1.82) is 0 Å². The van der Waals surface area contributed by atoms with E-state index in [9.17, 15) is 4.79 Å². The Labute approximate surface area is 123 Å². The molecule has 0 saturated carbocycles. The normalized spacial score (nSPS) is 18.3. The van der Waals surface area contributed by atoms with Gasteiger partial charge in [-0.05, 0) is 25.0 Å². The summed E-state index contributed by atoms with van der Waals surface area (Å²) in [6.45, 7) is 1.73. The van der Waals surface area contributed by atoms with Crippen molar-refractivity contribution in [3.8, 4) is 0 Å². The van der Waals surface area contributed by atoms with Crippen LogP contribution in [0.2, 0.25) is 0 Å². The van der Waals surface area contributed by atoms with E-state index in [-0.39, 0.29) is 11.9 Å². The van der Waals surface area contributed by atoms with Crippen LogP contribution in [0.25, 0.3) is 0 Å². The number of hydrogen-bond donors (Lipinski definition) is 1. The highest BCUT2D eigenvalue weighted by Crippen LogP contribution is 2.17. The quantitative estimate of drug-likeness (QED) is 0.918. The third kappa shape index (κ3) is 3.34. The number of nitrogens with zero attached hydrogens (tertiary/aromatic N) is 4. The SMILES string of the molecule is O=C(N[C@H]1CCCN(c2ccccn2)C1)c1cnccn1. The van der Waals surface area contributed by atoms with Crippen LogP contribution in [0, 0.1) is 0 Å². The van der Waals surface area contributed by atoms with Crippen LogP contribution in [-0.4, -0.2) is 40.0 Å². The van der Waals surface area contributed by atoms with E-state index in [0.717, 1.165) is 31.7 Å². The van der Waals surface area contributed by atoms with Gasteiger partial charge in [-0.15, -0.1) is 0 Å². The fourth-order valence-electron chi connectivity index (χ4n) is 2.52. The Balaban J connectivity index is 1.63. The Morgan fingerprint density at radius 2 is 2.19 bits per heavy atom. The number of anilines is 1. The van der Waals surface area contributed by atoms with Gasteiger partial charge in [0.25, 0.3) is 5.91 Å². The van der Waals surface area contributed by atoms with Crippen LogP contribution in [0.1, 0.15) is 23.3 Å². The van der Waals surface area contributed by atoms with Gasteiger partial charge in [0, 0.05) is 37.7 Å². The fourth-order valence-corrected chi connectivity index (χ4v) is 2.52. The predicted octanol–water partition coefficient (Wildman–Crippen LogP) is 1.27. The van der Waals surface area contributed by atoms with Crippen LogP contribution in [0.5, 0.6) is 0 Å². The summed E-state index contributed by atoms with van der Waals surface area (Å²) in [5, 5.41) is 3.02. The van der Waals surface area contributed by atoms with E-state index in [1.54, 1.807) is 12.4 Å². The summed E-state index contributed by atoms with van der Waals surface area (Å²) >= 11 is 0. The molecule has 0 aromatic carbocycles. The maximum absolute atomic E-state index is 12.1. The maximum atomic E-state index is 12.1. The monoisotopic (exact) mass is 283 g/mol. The van der Waals surface area contributed by atoms with Gasteiger partial charge in [0.05, 0.1) is 6.20 Å². The van der Waals surface area contributed by atoms with Crippen molar-refractivity contribution in [2.75, 3.05) is 18.0 Å². The van der Waals surface area contributed by atoms with E-state index in [2.05, 4.69) is 25.2 Å². The van der Waals surface area contributed by atoms with Gasteiger partial charge < -0.3 is 10.2 Å². The van der Waals surface area contributed by atoms with Crippen LogP contribution in [0.4, 0.5) is 5.82 Å². The topological polar surface area (TPSA) is 71.0 Å². The minimum absolute atomic E-state index is 0.107. The minimum atomic E-state index is -0.170. The van der Waals surface area contributed by atoms with Crippen molar-refractivity contribution in [2.45, 2.75) is 18.9 Å². The molecule has 1 fully saturated rings. The zero-order chi connectivity index (χ0) is 14.5. The lowest BCUT2D eigenvalue weighted by Gasteiger charge is -2.33. The lowest BCUT2D eigenvalue weighted by molar-refractivity contribution is 0.0927. The van der Waals surface area contributed by atoms with Crippen LogP contribution >= 0.6 is 0 Å². The molecule has 2 aromatic heterocycles. The van der Waals surface area contributed by atoms with E-state index in [0.29, 0.717) is 5.69 Å². The molecule has 1 aliphatic heterocycles. The summed E-state index contributed by atoms with van der Waals surface area (Å²) in [4.78, 5) is 26.6. The Bertz CT molecular complexity index is 590. The average Bonchev–Trinajstić information content (AvgIpc) is 2.57. The second kappa shape index (κ2) is 6.30. The molecule has 1 amide bonds. The molecule has 108 valence electrons. The number of hydrogen-bond acceptors (Lipinski definition) is 5. The standard InChI is InChI=1S/C15H17N5O/c21-15(13-10-16-7-8-17-13)19-12-4-3-9-20(11-12)14-5-1-2-6-18-14/h1-2,5-8,10,12H,3-4,9,11H2,(H,19,21)/t12-/m0/s1. The summed E-state index contributed by atoms with van der Waals surface area (Å²) in [5.41, 5.74) is 0.354. The molecule has 1 N–H and O–H groups in total. The summed E-state index contributed by atoms with van der Waals surface area (Å²) in [6.07, 6.45) is 8.35. The van der Waals surface area contributed by atoms with Gasteiger partial charge in [0.15, 0.2) is 0 Å². The number of carbonyl (C=O) groups is 1. The van der Waals surface area contributed by atoms with Crippen LogP contribution < -0.4 is 10.2 Å². The number of nitrogens with one attached hydrogen (secondary N) is 1. The molecule has 3 rings (SSSR count). The molecule has 2 aromatic rings. The molecule has 3 heterocycles. The molecule has 1 saturated heterocycles. The third-order valence-electron chi connectivity index (χ3n) is 3.53. The molecule has 1 atom stereocenters. The smallest absolute Gasteiger partial charge is 0.271 e. The van der Waals surface area contributed by atoms with Gasteiger partial charge in [-0.1, -0.05) is 6.07 Å². The number of carbonyl (C=O) groups excluding carboxylic acids is 1. The molecule has 6 heteroatoms. The first kappa shape index (κ1) is 13.5. The molecule has 21 heavy (non-hydrogen) atoms. The van der Waals surface area contributed by atoms with Gasteiger partial charge in [-0.3, -0.25) is 9.78 Å². The summed E-state index contributed by atoms with van der Waals surface area (Å²) in [6, 6.07) is 5.98. The summed E-state index contributed by atoms with van der Waals surface area (Å²) < 4.78 is 0. The summed E-state index contributed by atoms with van der Waals surface area (Å²) in [7, 11) is 0. The second-order valence-corrected chi connectivity index (χ2v) is 5.04. The lowest BCUT2D eigenvalue weighted by Crippen LogP contribution is -2.48. The Morgan fingerprint density at radius 3 is 2.95 bits per heavy atom. The largest absolute Gasteiger partial charge is 0.355 e. The summed E-state index contributed by atoms with van der Waals surface area (Å²) in [5.74, 6) is 0.784. The predicted molar refractivity (Wildman–Crippen MR) is 79.0 cm³/mol. The molecule has 0 bridgehead atoms. The van der Waals surface area contributed by atoms with Gasteiger partial charge in [-0.25, -0.2) is 9.97 Å². The van der Waals surface area contributed by atoms with Crippen molar-refractivity contribution in [2.24, 2.45) is 0 Å². The van der Waals surface area contributed by atoms with E-state index < -0.39 is 0 Å². The van der Waals surface area contributed by atoms with E-state index >= 15 is 0 Å². The number of amides is 1. The fraction of sp³-hybridized carbons (Fsp3) is 0.333. The first-order chi connectivity index (χ1) is 10.3. The Hall–Kier alpha value is -2.50. The second-order valence-electron chi connectivity index (χ2n) is 5.04. The van der Waals surface area contributed by atoms with Gasteiger partial charge in [0.2, 0.25) is 0 Å². The Kier molecular flexibility index (Phi) is 4.04. The first-order valence-corrected chi connectivity index (χ1v) is 7.06. The van der Waals surface area contributed by atoms with E-state index in [1.165, 1.54) is 12.4 Å². The molecule has 0 unspecified atom stereocenters. The number of aromatic nitrogens is 3.